The summed E-state index contributed by atoms with van der Waals surface area (Å²) in [6, 6.07) is 23.3. The van der Waals surface area contributed by atoms with Crippen LogP contribution in [-0.2, 0) is 11.2 Å². The summed E-state index contributed by atoms with van der Waals surface area (Å²) in [6.45, 7) is 0. The number of hydrogen-bond donors (Lipinski definition) is 3. The van der Waals surface area contributed by atoms with E-state index in [2.05, 4.69) is 54.6 Å². The Hall–Kier alpha value is -3.06. The number of hydrogen-bond acceptors (Lipinski definition) is 3. The first-order valence-corrected chi connectivity index (χ1v) is 9.01. The fourth-order valence-corrected chi connectivity index (χ4v) is 3.42. The van der Waals surface area contributed by atoms with Crippen molar-refractivity contribution in [2.75, 3.05) is 5.73 Å². The summed E-state index contributed by atoms with van der Waals surface area (Å²) in [7, 11) is 0. The highest BCUT2D eigenvalue weighted by molar-refractivity contribution is 5.83. The fourth-order valence-electron chi connectivity index (χ4n) is 3.42. The maximum Gasteiger partial charge on any atom is 0.490 e. The Balaban J connectivity index is 0.000000298. The molecule has 4 rings (SSSR count). The van der Waals surface area contributed by atoms with Gasteiger partial charge in [0, 0.05) is 17.1 Å². The minimum Gasteiger partial charge on any atom is -0.475 e. The first-order chi connectivity index (χ1) is 13.6. The Labute approximate surface area is 165 Å². The van der Waals surface area contributed by atoms with Crippen LogP contribution >= 0.6 is 0 Å². The molecule has 3 aromatic rings. The topological polar surface area (TPSA) is 89.3 Å². The quantitative estimate of drug-likeness (QED) is 0.564. The van der Waals surface area contributed by atoms with Gasteiger partial charge < -0.3 is 16.6 Å². The zero-order chi connectivity index (χ0) is 21.2. The molecule has 7 heteroatoms. The first-order valence-electron chi connectivity index (χ1n) is 9.01. The Morgan fingerprint density at radius 2 is 1.62 bits per heavy atom. The molecular formula is C22H21F3N2O2. The Morgan fingerprint density at radius 3 is 2.21 bits per heavy atom. The van der Waals surface area contributed by atoms with Crippen LogP contribution in [-0.4, -0.2) is 22.8 Å². The Kier molecular flexibility index (Phi) is 5.53. The first kappa shape index (κ1) is 20.7. The van der Waals surface area contributed by atoms with Crippen molar-refractivity contribution in [2.24, 2.45) is 5.73 Å². The highest BCUT2D eigenvalue weighted by atomic mass is 19.4. The summed E-state index contributed by atoms with van der Waals surface area (Å²) < 4.78 is 31.7. The second-order valence-corrected chi connectivity index (χ2v) is 7.32. The highest BCUT2D eigenvalue weighted by Crippen LogP contribution is 2.51. The zero-order valence-corrected chi connectivity index (χ0v) is 15.5. The van der Waals surface area contributed by atoms with E-state index in [4.69, 9.17) is 21.4 Å². The van der Waals surface area contributed by atoms with Gasteiger partial charge in [-0.1, -0.05) is 54.6 Å². The van der Waals surface area contributed by atoms with E-state index in [-0.39, 0.29) is 5.54 Å². The smallest absolute Gasteiger partial charge is 0.475 e. The largest absolute Gasteiger partial charge is 0.490 e. The molecule has 1 saturated carbocycles. The molecule has 4 nitrogen and oxygen atoms in total. The molecule has 1 fully saturated rings. The summed E-state index contributed by atoms with van der Waals surface area (Å²) >= 11 is 0. The minimum atomic E-state index is -5.08. The van der Waals surface area contributed by atoms with Crippen molar-refractivity contribution < 1.29 is 23.1 Å². The number of carboxylic acid groups (broad SMARTS) is 1. The molecule has 3 aromatic carbocycles. The predicted molar refractivity (Wildman–Crippen MR) is 106 cm³/mol. The van der Waals surface area contributed by atoms with Gasteiger partial charge in [0.25, 0.3) is 0 Å². The fraction of sp³-hybridized carbons (Fsp3) is 0.227. The molecular weight excluding hydrogens is 381 g/mol. The van der Waals surface area contributed by atoms with Crippen molar-refractivity contribution in [3.8, 4) is 0 Å². The van der Waals surface area contributed by atoms with Gasteiger partial charge in [-0.3, -0.25) is 0 Å². The number of rotatable bonds is 3. The van der Waals surface area contributed by atoms with Crippen LogP contribution in [0.2, 0.25) is 0 Å². The van der Waals surface area contributed by atoms with Crippen molar-refractivity contribution >= 4 is 22.4 Å². The Bertz CT molecular complexity index is 1020. The summed E-state index contributed by atoms with van der Waals surface area (Å²) in [5.41, 5.74) is 15.7. The average molecular weight is 402 g/mol. The Morgan fingerprint density at radius 1 is 1.03 bits per heavy atom. The molecule has 0 heterocycles. The minimum absolute atomic E-state index is 0.113. The number of nitrogen functional groups attached to an aromatic ring is 1. The molecule has 5 N–H and O–H groups in total. The summed E-state index contributed by atoms with van der Waals surface area (Å²) in [5, 5.41) is 9.69. The van der Waals surface area contributed by atoms with Crippen LogP contribution < -0.4 is 11.5 Å². The summed E-state index contributed by atoms with van der Waals surface area (Å²) in [5.74, 6) is -2.31. The number of fused-ring (bicyclic) bond motifs is 1. The SMILES string of the molecule is Nc1ccc(C2CC2(N)Cc2ccc3ccccc3c2)cc1.O=C(O)C(F)(F)F. The van der Waals surface area contributed by atoms with Crippen molar-refractivity contribution in [1.82, 2.24) is 0 Å². The predicted octanol–water partition coefficient (Wildman–Crippen LogP) is 4.48. The molecule has 0 aliphatic heterocycles. The third-order valence-electron chi connectivity index (χ3n) is 5.05. The zero-order valence-electron chi connectivity index (χ0n) is 15.5. The van der Waals surface area contributed by atoms with E-state index in [1.165, 1.54) is 21.9 Å². The summed E-state index contributed by atoms with van der Waals surface area (Å²) in [6.07, 6.45) is -3.11. The third-order valence-corrected chi connectivity index (χ3v) is 5.05. The van der Waals surface area contributed by atoms with Crippen LogP contribution in [0, 0.1) is 0 Å². The molecule has 29 heavy (non-hydrogen) atoms. The second-order valence-electron chi connectivity index (χ2n) is 7.32. The van der Waals surface area contributed by atoms with Crippen LogP contribution in [0.15, 0.2) is 66.7 Å². The van der Waals surface area contributed by atoms with Gasteiger partial charge in [-0.2, -0.15) is 13.2 Å². The lowest BCUT2D eigenvalue weighted by Crippen LogP contribution is -2.27. The van der Waals surface area contributed by atoms with Crippen LogP contribution in [0.25, 0.3) is 10.8 Å². The van der Waals surface area contributed by atoms with Gasteiger partial charge in [0.15, 0.2) is 0 Å². The molecule has 152 valence electrons. The molecule has 1 aliphatic carbocycles. The number of carbonyl (C=O) groups is 1. The van der Waals surface area contributed by atoms with Crippen molar-refractivity contribution in [1.29, 1.82) is 0 Å². The molecule has 0 aromatic heterocycles. The van der Waals surface area contributed by atoms with Gasteiger partial charge >= 0.3 is 12.1 Å². The molecule has 0 saturated heterocycles. The van der Waals surface area contributed by atoms with Gasteiger partial charge in [-0.15, -0.1) is 0 Å². The number of carboxylic acids is 1. The summed E-state index contributed by atoms with van der Waals surface area (Å²) in [4.78, 5) is 8.90. The van der Waals surface area contributed by atoms with Crippen molar-refractivity contribution in [2.45, 2.75) is 30.5 Å². The van der Waals surface area contributed by atoms with E-state index < -0.39 is 12.1 Å². The maximum absolute atomic E-state index is 10.6. The average Bonchev–Trinajstić information content (AvgIpc) is 3.32. The molecule has 2 atom stereocenters. The molecule has 0 radical (unpaired) electrons. The lowest BCUT2D eigenvalue weighted by Gasteiger charge is -2.13. The molecule has 0 bridgehead atoms. The second kappa shape index (κ2) is 7.75. The van der Waals surface area contributed by atoms with E-state index in [0.29, 0.717) is 5.92 Å². The number of benzene rings is 3. The third kappa shape index (κ3) is 5.06. The molecule has 1 aliphatic rings. The van der Waals surface area contributed by atoms with Gasteiger partial charge in [0.05, 0.1) is 0 Å². The van der Waals surface area contributed by atoms with Crippen LogP contribution in [0.1, 0.15) is 23.5 Å². The van der Waals surface area contributed by atoms with E-state index in [0.717, 1.165) is 18.5 Å². The van der Waals surface area contributed by atoms with Crippen LogP contribution in [0.5, 0.6) is 0 Å². The van der Waals surface area contributed by atoms with Crippen molar-refractivity contribution in [3.63, 3.8) is 0 Å². The van der Waals surface area contributed by atoms with E-state index in [9.17, 15) is 13.2 Å². The number of nitrogens with two attached hydrogens (primary N) is 2. The van der Waals surface area contributed by atoms with Gasteiger partial charge in [-0.05, 0) is 46.9 Å². The maximum atomic E-state index is 10.6. The monoisotopic (exact) mass is 402 g/mol. The normalized spacial score (nSPS) is 20.6. The molecule has 0 amide bonds. The molecule has 0 spiro atoms. The van der Waals surface area contributed by atoms with Crippen molar-refractivity contribution in [3.05, 3.63) is 77.9 Å². The lowest BCUT2D eigenvalue weighted by molar-refractivity contribution is -0.192. The van der Waals surface area contributed by atoms with E-state index in [1.807, 2.05) is 12.1 Å². The number of anilines is 1. The number of aliphatic carboxylic acids is 1. The van der Waals surface area contributed by atoms with E-state index in [1.54, 1.807) is 0 Å². The number of alkyl halides is 3. The van der Waals surface area contributed by atoms with Crippen LogP contribution in [0.3, 0.4) is 0 Å². The van der Waals surface area contributed by atoms with Gasteiger partial charge in [-0.25, -0.2) is 4.79 Å². The highest BCUT2D eigenvalue weighted by Gasteiger charge is 2.51. The van der Waals surface area contributed by atoms with Gasteiger partial charge in [0.2, 0.25) is 0 Å². The molecule has 2 unspecified atom stereocenters. The van der Waals surface area contributed by atoms with Gasteiger partial charge in [0.1, 0.15) is 0 Å². The standard InChI is InChI=1S/C20H20N2.C2HF3O2/c21-18-9-7-16(8-10-18)19-13-20(19,22)12-14-5-6-15-3-1-2-4-17(15)11-14;3-2(4,5)1(6)7/h1-11,19H,12-13,21-22H2;(H,6,7). The van der Waals surface area contributed by atoms with E-state index >= 15 is 0 Å². The number of halogens is 3. The van der Waals surface area contributed by atoms with Crippen LogP contribution in [0.4, 0.5) is 18.9 Å². The lowest BCUT2D eigenvalue weighted by atomic mass is 9.97.